The number of hydrogen-bond donors (Lipinski definition) is 1. The van der Waals surface area contributed by atoms with Crippen LogP contribution < -0.4 is 0 Å². The second-order valence-electron chi connectivity index (χ2n) is 6.78. The van der Waals surface area contributed by atoms with Crippen LogP contribution in [0.5, 0.6) is 0 Å². The van der Waals surface area contributed by atoms with E-state index in [1.807, 2.05) is 0 Å². The van der Waals surface area contributed by atoms with Crippen molar-refractivity contribution < 1.29 is 9.90 Å². The Morgan fingerprint density at radius 2 is 1.00 bits per heavy atom. The minimum atomic E-state index is -0.664. The number of hydrogen-bond acceptors (Lipinski definition) is 1. The monoisotopic (exact) mass is 336 g/mol. The average Bonchev–Trinajstić information content (AvgIpc) is 2.56. The SMILES string of the molecule is CCCCCC=CCCCCC=CCCCCCCCCC(=O)O. The first-order valence-electron chi connectivity index (χ1n) is 10.3. The third-order valence-electron chi connectivity index (χ3n) is 4.31. The summed E-state index contributed by atoms with van der Waals surface area (Å²) in [4.78, 5) is 10.4. The fraction of sp³-hybridized carbons (Fsp3) is 0.773. The van der Waals surface area contributed by atoms with Gasteiger partial charge >= 0.3 is 5.97 Å². The van der Waals surface area contributed by atoms with Gasteiger partial charge in [0.15, 0.2) is 0 Å². The molecule has 1 N–H and O–H groups in total. The van der Waals surface area contributed by atoms with Gasteiger partial charge in [0.2, 0.25) is 0 Å². The Labute approximate surface area is 150 Å². The molecule has 0 fully saturated rings. The van der Waals surface area contributed by atoms with Gasteiger partial charge in [-0.15, -0.1) is 0 Å². The normalized spacial score (nSPS) is 11.7. The number of carbonyl (C=O) groups is 1. The maximum atomic E-state index is 10.4. The summed E-state index contributed by atoms with van der Waals surface area (Å²) in [5.74, 6) is -0.664. The molecular weight excluding hydrogens is 296 g/mol. The molecule has 0 aromatic heterocycles. The zero-order valence-corrected chi connectivity index (χ0v) is 16.0. The molecule has 0 amide bonds. The second kappa shape index (κ2) is 20.0. The lowest BCUT2D eigenvalue weighted by Crippen LogP contribution is -1.93. The molecule has 2 heteroatoms. The van der Waals surface area contributed by atoms with E-state index in [1.165, 1.54) is 83.5 Å². The number of aliphatic carboxylic acids is 1. The van der Waals surface area contributed by atoms with E-state index >= 15 is 0 Å². The van der Waals surface area contributed by atoms with Gasteiger partial charge in [0.1, 0.15) is 0 Å². The molecule has 0 aliphatic rings. The highest BCUT2D eigenvalue weighted by Gasteiger charge is 1.96. The maximum absolute atomic E-state index is 10.4. The molecule has 0 aromatic carbocycles. The second-order valence-corrected chi connectivity index (χ2v) is 6.78. The van der Waals surface area contributed by atoms with Crippen molar-refractivity contribution in [3.63, 3.8) is 0 Å². The number of unbranched alkanes of at least 4 members (excludes halogenated alkanes) is 12. The van der Waals surface area contributed by atoms with E-state index in [9.17, 15) is 4.79 Å². The molecule has 0 atom stereocenters. The van der Waals surface area contributed by atoms with Crippen LogP contribution in [0.25, 0.3) is 0 Å². The molecule has 0 unspecified atom stereocenters. The number of carboxylic acid groups (broad SMARTS) is 1. The predicted molar refractivity (Wildman–Crippen MR) is 105 cm³/mol. The molecule has 0 aromatic rings. The number of rotatable bonds is 18. The average molecular weight is 337 g/mol. The van der Waals surface area contributed by atoms with Gasteiger partial charge in [-0.3, -0.25) is 4.79 Å². The van der Waals surface area contributed by atoms with Crippen LogP contribution in [-0.4, -0.2) is 11.1 Å². The lowest BCUT2D eigenvalue weighted by molar-refractivity contribution is -0.137. The molecule has 0 rings (SSSR count). The first kappa shape index (κ1) is 22.9. The highest BCUT2D eigenvalue weighted by atomic mass is 16.4. The van der Waals surface area contributed by atoms with Crippen molar-refractivity contribution in [3.8, 4) is 0 Å². The fourth-order valence-electron chi connectivity index (χ4n) is 2.75. The van der Waals surface area contributed by atoms with Crippen molar-refractivity contribution in [2.75, 3.05) is 0 Å². The minimum Gasteiger partial charge on any atom is -0.481 e. The molecule has 0 heterocycles. The van der Waals surface area contributed by atoms with Crippen LogP contribution >= 0.6 is 0 Å². The zero-order chi connectivity index (χ0) is 17.7. The molecule has 0 aliphatic heterocycles. The van der Waals surface area contributed by atoms with Crippen LogP contribution in [0.4, 0.5) is 0 Å². The van der Waals surface area contributed by atoms with E-state index in [0.717, 1.165) is 12.8 Å². The molecule has 140 valence electrons. The van der Waals surface area contributed by atoms with Gasteiger partial charge in [0.25, 0.3) is 0 Å². The maximum Gasteiger partial charge on any atom is 0.303 e. The van der Waals surface area contributed by atoms with Crippen molar-refractivity contribution >= 4 is 5.97 Å². The molecular formula is C22H40O2. The summed E-state index contributed by atoms with van der Waals surface area (Å²) < 4.78 is 0. The number of allylic oxidation sites excluding steroid dienone is 4. The summed E-state index contributed by atoms with van der Waals surface area (Å²) in [5.41, 5.74) is 0. The summed E-state index contributed by atoms with van der Waals surface area (Å²) in [6, 6.07) is 0. The highest BCUT2D eigenvalue weighted by molar-refractivity contribution is 5.66. The van der Waals surface area contributed by atoms with Crippen LogP contribution in [0.1, 0.15) is 110 Å². The number of carboxylic acids is 1. The Kier molecular flexibility index (Phi) is 19.1. The van der Waals surface area contributed by atoms with Crippen molar-refractivity contribution in [1.82, 2.24) is 0 Å². The Balaban J connectivity index is 3.15. The summed E-state index contributed by atoms with van der Waals surface area (Å²) in [7, 11) is 0. The van der Waals surface area contributed by atoms with E-state index in [0.29, 0.717) is 6.42 Å². The third kappa shape index (κ3) is 20.9. The highest BCUT2D eigenvalue weighted by Crippen LogP contribution is 2.09. The van der Waals surface area contributed by atoms with Crippen LogP contribution in [0, 0.1) is 0 Å². The topological polar surface area (TPSA) is 37.3 Å². The molecule has 2 nitrogen and oxygen atoms in total. The first-order chi connectivity index (χ1) is 11.8. The Morgan fingerprint density at radius 1 is 0.625 bits per heavy atom. The van der Waals surface area contributed by atoms with Crippen molar-refractivity contribution in [2.24, 2.45) is 0 Å². The summed E-state index contributed by atoms with van der Waals surface area (Å²) in [6.45, 7) is 2.25. The van der Waals surface area contributed by atoms with E-state index in [1.54, 1.807) is 0 Å². The van der Waals surface area contributed by atoms with Crippen LogP contribution in [-0.2, 0) is 4.79 Å². The Bertz CT molecular complexity index is 318. The molecule has 0 bridgehead atoms. The third-order valence-corrected chi connectivity index (χ3v) is 4.31. The summed E-state index contributed by atoms with van der Waals surface area (Å²) >= 11 is 0. The van der Waals surface area contributed by atoms with Crippen molar-refractivity contribution in [2.45, 2.75) is 110 Å². The van der Waals surface area contributed by atoms with Gasteiger partial charge < -0.3 is 5.11 Å². The van der Waals surface area contributed by atoms with Crippen molar-refractivity contribution in [1.29, 1.82) is 0 Å². The smallest absolute Gasteiger partial charge is 0.303 e. The van der Waals surface area contributed by atoms with Crippen LogP contribution in [0.2, 0.25) is 0 Å². The zero-order valence-electron chi connectivity index (χ0n) is 16.0. The van der Waals surface area contributed by atoms with Gasteiger partial charge in [-0.2, -0.15) is 0 Å². The van der Waals surface area contributed by atoms with Crippen LogP contribution in [0.15, 0.2) is 24.3 Å². The van der Waals surface area contributed by atoms with E-state index < -0.39 is 5.97 Å². The lowest BCUT2D eigenvalue weighted by atomic mass is 10.1. The van der Waals surface area contributed by atoms with Crippen molar-refractivity contribution in [3.05, 3.63) is 24.3 Å². The minimum absolute atomic E-state index is 0.331. The fourth-order valence-corrected chi connectivity index (χ4v) is 2.75. The standard InChI is InChI=1S/C22H40O2/c1-2-3-4-5-6-7-8-9-10-11-12-13-14-15-16-17-18-19-20-21-22(23)24/h6-7,12-13H,2-5,8-11,14-21H2,1H3,(H,23,24). The van der Waals surface area contributed by atoms with Gasteiger partial charge in [-0.1, -0.05) is 69.8 Å². The molecule has 24 heavy (non-hydrogen) atoms. The Morgan fingerprint density at radius 3 is 1.46 bits per heavy atom. The quantitative estimate of drug-likeness (QED) is 0.208. The molecule has 0 radical (unpaired) electrons. The largest absolute Gasteiger partial charge is 0.481 e. The molecule has 0 saturated carbocycles. The molecule has 0 aliphatic carbocycles. The summed E-state index contributed by atoms with van der Waals surface area (Å²) in [6.07, 6.45) is 28.2. The van der Waals surface area contributed by atoms with E-state index in [4.69, 9.17) is 5.11 Å². The molecule has 0 spiro atoms. The first-order valence-corrected chi connectivity index (χ1v) is 10.3. The van der Waals surface area contributed by atoms with Gasteiger partial charge in [0.05, 0.1) is 0 Å². The molecule has 0 saturated heterocycles. The van der Waals surface area contributed by atoms with E-state index in [-0.39, 0.29) is 0 Å². The van der Waals surface area contributed by atoms with Gasteiger partial charge in [0, 0.05) is 6.42 Å². The van der Waals surface area contributed by atoms with Crippen LogP contribution in [0.3, 0.4) is 0 Å². The predicted octanol–water partition coefficient (Wildman–Crippen LogP) is 7.44. The Hall–Kier alpha value is -1.05. The lowest BCUT2D eigenvalue weighted by Gasteiger charge is -1.99. The van der Waals surface area contributed by atoms with Gasteiger partial charge in [-0.25, -0.2) is 0 Å². The summed E-state index contributed by atoms with van der Waals surface area (Å²) in [5, 5.41) is 8.55. The van der Waals surface area contributed by atoms with Gasteiger partial charge in [-0.05, 0) is 57.8 Å². The van der Waals surface area contributed by atoms with E-state index in [2.05, 4.69) is 31.2 Å².